The molecule has 0 radical (unpaired) electrons. The van der Waals surface area contributed by atoms with Crippen molar-refractivity contribution in [3.05, 3.63) is 89.2 Å². The summed E-state index contributed by atoms with van der Waals surface area (Å²) in [6.45, 7) is 2.89. The Balaban J connectivity index is 1.71. The van der Waals surface area contributed by atoms with Gasteiger partial charge in [-0.3, -0.25) is 9.78 Å². The Kier molecular flexibility index (Phi) is 5.91. The molecule has 2 heterocycles. The summed E-state index contributed by atoms with van der Waals surface area (Å²) in [6, 6.07) is 20.4. The Morgan fingerprint density at radius 1 is 1.07 bits per heavy atom. The summed E-state index contributed by atoms with van der Waals surface area (Å²) in [6.07, 6.45) is 1.70. The number of fused-ring (bicyclic) bond motifs is 1. The largest absolute Gasteiger partial charge is 0.494 e. The molecule has 1 N–H and O–H groups in total. The molecule has 0 spiro atoms. The van der Waals surface area contributed by atoms with Gasteiger partial charge in [-0.15, -0.1) is 0 Å². The molecule has 150 valence electrons. The van der Waals surface area contributed by atoms with E-state index in [1.54, 1.807) is 24.4 Å². The van der Waals surface area contributed by atoms with Crippen LogP contribution in [0.4, 0.5) is 0 Å². The number of nitrogens with zero attached hydrogens (tertiary/aromatic N) is 2. The van der Waals surface area contributed by atoms with Crippen molar-refractivity contribution in [3.63, 3.8) is 0 Å². The predicted octanol–water partition coefficient (Wildman–Crippen LogP) is 5.28. The molecule has 0 aliphatic heterocycles. The zero-order valence-corrected chi connectivity index (χ0v) is 17.2. The average Bonchev–Trinajstić information content (AvgIpc) is 2.78. The van der Waals surface area contributed by atoms with Crippen LogP contribution < -0.4 is 10.1 Å². The normalized spacial score (nSPS) is 10.7. The van der Waals surface area contributed by atoms with Crippen molar-refractivity contribution in [2.45, 2.75) is 13.5 Å². The summed E-state index contributed by atoms with van der Waals surface area (Å²) >= 11 is 6.19. The number of ether oxygens (including phenoxy) is 1. The molecule has 4 aromatic rings. The topological polar surface area (TPSA) is 64.1 Å². The van der Waals surface area contributed by atoms with Crippen LogP contribution in [0.5, 0.6) is 5.75 Å². The first-order valence-electron chi connectivity index (χ1n) is 9.65. The van der Waals surface area contributed by atoms with E-state index in [4.69, 9.17) is 21.3 Å². The van der Waals surface area contributed by atoms with E-state index in [0.717, 1.165) is 17.0 Å². The van der Waals surface area contributed by atoms with Crippen LogP contribution in [0.2, 0.25) is 5.02 Å². The maximum absolute atomic E-state index is 13.0. The molecule has 0 saturated heterocycles. The number of pyridine rings is 2. The molecule has 2 aromatic carbocycles. The van der Waals surface area contributed by atoms with Crippen LogP contribution in [0.1, 0.15) is 23.0 Å². The summed E-state index contributed by atoms with van der Waals surface area (Å²) in [5.41, 5.74) is 3.61. The number of rotatable bonds is 6. The zero-order valence-electron chi connectivity index (χ0n) is 16.4. The van der Waals surface area contributed by atoms with E-state index in [2.05, 4.69) is 10.3 Å². The van der Waals surface area contributed by atoms with Crippen LogP contribution in [0.3, 0.4) is 0 Å². The van der Waals surface area contributed by atoms with Gasteiger partial charge in [0.15, 0.2) is 0 Å². The second kappa shape index (κ2) is 8.93. The number of hydrogen-bond donors (Lipinski definition) is 1. The van der Waals surface area contributed by atoms with Gasteiger partial charge in [-0.25, -0.2) is 4.98 Å². The van der Waals surface area contributed by atoms with E-state index in [-0.39, 0.29) is 5.91 Å². The third-order valence-electron chi connectivity index (χ3n) is 4.63. The molecule has 4 rings (SSSR count). The summed E-state index contributed by atoms with van der Waals surface area (Å²) < 4.78 is 5.51. The van der Waals surface area contributed by atoms with Gasteiger partial charge in [0, 0.05) is 22.2 Å². The van der Waals surface area contributed by atoms with Crippen LogP contribution in [-0.2, 0) is 6.54 Å². The lowest BCUT2D eigenvalue weighted by Crippen LogP contribution is -2.23. The number of nitrogens with one attached hydrogen (secondary N) is 1. The molecule has 0 unspecified atom stereocenters. The highest BCUT2D eigenvalue weighted by Crippen LogP contribution is 2.28. The van der Waals surface area contributed by atoms with Crippen molar-refractivity contribution in [2.75, 3.05) is 6.61 Å². The van der Waals surface area contributed by atoms with Gasteiger partial charge in [0.05, 0.1) is 35.6 Å². The SMILES string of the molecule is CCOc1ccc(-c2cc(C(=O)NCc3ccccn3)c3cc(Cl)ccc3n2)cc1. The third kappa shape index (κ3) is 4.42. The van der Waals surface area contributed by atoms with Gasteiger partial charge in [-0.1, -0.05) is 17.7 Å². The fraction of sp³-hybridized carbons (Fsp3) is 0.125. The third-order valence-corrected chi connectivity index (χ3v) is 4.87. The second-order valence-electron chi connectivity index (χ2n) is 6.68. The maximum Gasteiger partial charge on any atom is 0.252 e. The Hall–Kier alpha value is -3.44. The fourth-order valence-corrected chi connectivity index (χ4v) is 3.36. The van der Waals surface area contributed by atoms with Gasteiger partial charge in [0.1, 0.15) is 5.75 Å². The number of carbonyl (C=O) groups is 1. The van der Waals surface area contributed by atoms with Crippen molar-refractivity contribution in [2.24, 2.45) is 0 Å². The van der Waals surface area contributed by atoms with Crippen molar-refractivity contribution < 1.29 is 9.53 Å². The van der Waals surface area contributed by atoms with E-state index in [0.29, 0.717) is 40.3 Å². The van der Waals surface area contributed by atoms with Crippen molar-refractivity contribution in [1.82, 2.24) is 15.3 Å². The molecular weight excluding hydrogens is 398 g/mol. The number of halogens is 1. The summed E-state index contributed by atoms with van der Waals surface area (Å²) in [5, 5.41) is 4.20. The Morgan fingerprint density at radius 2 is 1.90 bits per heavy atom. The number of benzene rings is 2. The minimum Gasteiger partial charge on any atom is -0.494 e. The zero-order chi connectivity index (χ0) is 20.9. The standard InChI is InChI=1S/C24H20ClN3O2/c1-2-30-19-9-6-16(7-10-19)23-14-21(20-13-17(25)8-11-22(20)28-23)24(29)27-15-18-5-3-4-12-26-18/h3-14H,2,15H2,1H3,(H,27,29). The first-order valence-corrected chi connectivity index (χ1v) is 10.0. The summed E-state index contributed by atoms with van der Waals surface area (Å²) in [4.78, 5) is 22.0. The molecule has 0 fully saturated rings. The van der Waals surface area contributed by atoms with Crippen molar-refractivity contribution >= 4 is 28.4 Å². The van der Waals surface area contributed by atoms with Crippen LogP contribution in [0.25, 0.3) is 22.2 Å². The first kappa shape index (κ1) is 19.9. The van der Waals surface area contributed by atoms with Crippen LogP contribution in [0, 0.1) is 0 Å². The Labute approximate surface area is 179 Å². The molecule has 1 amide bonds. The molecule has 0 atom stereocenters. The smallest absolute Gasteiger partial charge is 0.252 e. The molecule has 0 bridgehead atoms. The Bertz CT molecular complexity index is 1180. The van der Waals surface area contributed by atoms with Gasteiger partial charge in [0.25, 0.3) is 5.91 Å². The lowest BCUT2D eigenvalue weighted by atomic mass is 10.0. The van der Waals surface area contributed by atoms with Gasteiger partial charge in [-0.2, -0.15) is 0 Å². The number of aromatic nitrogens is 2. The van der Waals surface area contributed by atoms with Crippen LogP contribution in [0.15, 0.2) is 72.9 Å². The molecular formula is C24H20ClN3O2. The predicted molar refractivity (Wildman–Crippen MR) is 119 cm³/mol. The maximum atomic E-state index is 13.0. The number of carbonyl (C=O) groups excluding carboxylic acids is 1. The van der Waals surface area contributed by atoms with Gasteiger partial charge < -0.3 is 10.1 Å². The molecule has 0 aliphatic rings. The summed E-state index contributed by atoms with van der Waals surface area (Å²) in [7, 11) is 0. The quantitative estimate of drug-likeness (QED) is 0.463. The van der Waals surface area contributed by atoms with E-state index >= 15 is 0 Å². The van der Waals surface area contributed by atoms with E-state index in [1.165, 1.54) is 0 Å². The van der Waals surface area contributed by atoms with Gasteiger partial charge in [-0.05, 0) is 67.6 Å². The van der Waals surface area contributed by atoms with E-state index < -0.39 is 0 Å². The monoisotopic (exact) mass is 417 g/mol. The van der Waals surface area contributed by atoms with Crippen molar-refractivity contribution in [3.8, 4) is 17.0 Å². The fourth-order valence-electron chi connectivity index (χ4n) is 3.19. The minimum absolute atomic E-state index is 0.206. The highest BCUT2D eigenvalue weighted by atomic mass is 35.5. The van der Waals surface area contributed by atoms with Crippen LogP contribution >= 0.6 is 11.6 Å². The molecule has 5 nitrogen and oxygen atoms in total. The molecule has 2 aromatic heterocycles. The lowest BCUT2D eigenvalue weighted by molar-refractivity contribution is 0.0952. The Morgan fingerprint density at radius 3 is 2.63 bits per heavy atom. The molecule has 0 saturated carbocycles. The van der Waals surface area contributed by atoms with E-state index in [1.807, 2.05) is 55.5 Å². The molecule has 0 aliphatic carbocycles. The van der Waals surface area contributed by atoms with E-state index in [9.17, 15) is 4.79 Å². The lowest BCUT2D eigenvalue weighted by Gasteiger charge is -2.11. The highest BCUT2D eigenvalue weighted by molar-refractivity contribution is 6.31. The number of hydrogen-bond acceptors (Lipinski definition) is 4. The molecule has 6 heteroatoms. The number of amides is 1. The first-order chi connectivity index (χ1) is 14.6. The van der Waals surface area contributed by atoms with Crippen LogP contribution in [-0.4, -0.2) is 22.5 Å². The molecule has 30 heavy (non-hydrogen) atoms. The van der Waals surface area contributed by atoms with Gasteiger partial charge >= 0.3 is 0 Å². The van der Waals surface area contributed by atoms with Crippen molar-refractivity contribution in [1.29, 1.82) is 0 Å². The van der Waals surface area contributed by atoms with Gasteiger partial charge in [0.2, 0.25) is 0 Å². The highest BCUT2D eigenvalue weighted by Gasteiger charge is 2.15. The summed E-state index contributed by atoms with van der Waals surface area (Å²) in [5.74, 6) is 0.588. The second-order valence-corrected chi connectivity index (χ2v) is 7.11. The average molecular weight is 418 g/mol. The minimum atomic E-state index is -0.206.